The van der Waals surface area contributed by atoms with E-state index in [9.17, 15) is 4.79 Å². The van der Waals surface area contributed by atoms with Crippen molar-refractivity contribution in [1.82, 2.24) is 9.88 Å². The van der Waals surface area contributed by atoms with Crippen molar-refractivity contribution in [1.29, 1.82) is 0 Å². The van der Waals surface area contributed by atoms with Crippen LogP contribution < -0.4 is 4.74 Å². The van der Waals surface area contributed by atoms with Crippen LogP contribution in [0.5, 0.6) is 5.75 Å². The Bertz CT molecular complexity index is 626. The van der Waals surface area contributed by atoms with E-state index < -0.39 is 0 Å². The molecule has 0 saturated carbocycles. The lowest BCUT2D eigenvalue weighted by atomic mass is 10.1. The lowest BCUT2D eigenvalue weighted by Gasteiger charge is -2.14. The SMILES string of the molecule is CCc1ccnc(-c2cccc(OC(=O)N(C)CC)c2)c1. The van der Waals surface area contributed by atoms with Crippen molar-refractivity contribution >= 4 is 6.09 Å². The summed E-state index contributed by atoms with van der Waals surface area (Å²) in [5.74, 6) is 0.529. The number of hydrogen-bond acceptors (Lipinski definition) is 3. The zero-order chi connectivity index (χ0) is 15.2. The van der Waals surface area contributed by atoms with Crippen LogP contribution >= 0.6 is 0 Å². The quantitative estimate of drug-likeness (QED) is 0.858. The molecule has 2 aromatic rings. The van der Waals surface area contributed by atoms with Gasteiger partial charge in [0.15, 0.2) is 0 Å². The number of benzene rings is 1. The van der Waals surface area contributed by atoms with Crippen LogP contribution in [0.4, 0.5) is 4.79 Å². The van der Waals surface area contributed by atoms with Gasteiger partial charge in [-0.2, -0.15) is 0 Å². The van der Waals surface area contributed by atoms with Crippen LogP contribution in [0.3, 0.4) is 0 Å². The van der Waals surface area contributed by atoms with Gasteiger partial charge in [-0.05, 0) is 43.2 Å². The van der Waals surface area contributed by atoms with Crippen molar-refractivity contribution in [3.63, 3.8) is 0 Å². The van der Waals surface area contributed by atoms with Crippen molar-refractivity contribution in [2.24, 2.45) is 0 Å². The summed E-state index contributed by atoms with van der Waals surface area (Å²) >= 11 is 0. The Morgan fingerprint density at radius 3 is 2.76 bits per heavy atom. The number of pyridine rings is 1. The molecule has 4 nitrogen and oxygen atoms in total. The Morgan fingerprint density at radius 1 is 1.24 bits per heavy atom. The highest BCUT2D eigenvalue weighted by Crippen LogP contribution is 2.23. The van der Waals surface area contributed by atoms with Gasteiger partial charge < -0.3 is 9.64 Å². The molecule has 0 fully saturated rings. The van der Waals surface area contributed by atoms with Crippen LogP contribution in [0.15, 0.2) is 42.6 Å². The van der Waals surface area contributed by atoms with Crippen LogP contribution in [0, 0.1) is 0 Å². The van der Waals surface area contributed by atoms with Crippen LogP contribution in [-0.2, 0) is 6.42 Å². The molecule has 0 aliphatic heterocycles. The highest BCUT2D eigenvalue weighted by atomic mass is 16.6. The average molecular weight is 284 g/mol. The van der Waals surface area contributed by atoms with Crippen molar-refractivity contribution < 1.29 is 9.53 Å². The molecule has 0 bridgehead atoms. The Morgan fingerprint density at radius 2 is 2.05 bits per heavy atom. The largest absolute Gasteiger partial charge is 0.414 e. The number of ether oxygens (including phenoxy) is 1. The van der Waals surface area contributed by atoms with Crippen LogP contribution in [-0.4, -0.2) is 29.6 Å². The first kappa shape index (κ1) is 15.0. The van der Waals surface area contributed by atoms with Crippen LogP contribution in [0.2, 0.25) is 0 Å². The molecule has 1 aromatic heterocycles. The average Bonchev–Trinajstić information content (AvgIpc) is 2.54. The Labute approximate surface area is 125 Å². The Balaban J connectivity index is 2.23. The van der Waals surface area contributed by atoms with Gasteiger partial charge in [-0.3, -0.25) is 4.98 Å². The monoisotopic (exact) mass is 284 g/mol. The van der Waals surface area contributed by atoms with E-state index in [1.807, 2.05) is 31.2 Å². The summed E-state index contributed by atoms with van der Waals surface area (Å²) in [6.45, 7) is 4.62. The van der Waals surface area contributed by atoms with E-state index in [1.165, 1.54) is 10.5 Å². The third kappa shape index (κ3) is 3.81. The summed E-state index contributed by atoms with van der Waals surface area (Å²) in [6.07, 6.45) is 2.41. The highest BCUT2D eigenvalue weighted by molar-refractivity contribution is 5.71. The standard InChI is InChI=1S/C17H20N2O2/c1-4-13-9-10-18-16(11-13)14-7-6-8-15(12-14)21-17(20)19(3)5-2/h6-12H,4-5H2,1-3H3. The maximum Gasteiger partial charge on any atom is 0.414 e. The van der Waals surface area contributed by atoms with Crippen molar-refractivity contribution in [2.75, 3.05) is 13.6 Å². The van der Waals surface area contributed by atoms with E-state index in [4.69, 9.17) is 4.74 Å². The van der Waals surface area contributed by atoms with E-state index in [0.717, 1.165) is 17.7 Å². The molecule has 1 amide bonds. The van der Waals surface area contributed by atoms with E-state index in [-0.39, 0.29) is 6.09 Å². The number of carbonyl (C=O) groups excluding carboxylic acids is 1. The first-order chi connectivity index (χ1) is 10.1. The molecule has 0 aliphatic carbocycles. The molecule has 0 aliphatic rings. The molecule has 110 valence electrons. The molecule has 1 heterocycles. The summed E-state index contributed by atoms with van der Waals surface area (Å²) in [4.78, 5) is 17.7. The lowest BCUT2D eigenvalue weighted by Crippen LogP contribution is -2.29. The number of amides is 1. The van der Waals surface area contributed by atoms with Gasteiger partial charge >= 0.3 is 6.09 Å². The predicted molar refractivity (Wildman–Crippen MR) is 83.4 cm³/mol. The second-order valence-electron chi connectivity index (χ2n) is 4.81. The number of aryl methyl sites for hydroxylation is 1. The van der Waals surface area contributed by atoms with Gasteiger partial charge in [0, 0.05) is 25.4 Å². The van der Waals surface area contributed by atoms with Crippen molar-refractivity contribution in [3.05, 3.63) is 48.2 Å². The number of hydrogen-bond donors (Lipinski definition) is 0. The highest BCUT2D eigenvalue weighted by Gasteiger charge is 2.10. The molecule has 0 N–H and O–H groups in total. The number of nitrogens with zero attached hydrogens (tertiary/aromatic N) is 2. The zero-order valence-electron chi connectivity index (χ0n) is 12.7. The summed E-state index contributed by atoms with van der Waals surface area (Å²) < 4.78 is 5.34. The molecule has 1 aromatic carbocycles. The fourth-order valence-corrected chi connectivity index (χ4v) is 1.88. The van der Waals surface area contributed by atoms with E-state index in [2.05, 4.69) is 18.0 Å². The predicted octanol–water partition coefficient (Wildman–Crippen LogP) is 3.76. The fraction of sp³-hybridized carbons (Fsp3) is 0.294. The van der Waals surface area contributed by atoms with Crippen LogP contribution in [0.1, 0.15) is 19.4 Å². The molecule has 4 heteroatoms. The van der Waals surface area contributed by atoms with Crippen LogP contribution in [0.25, 0.3) is 11.3 Å². The molecule has 0 atom stereocenters. The second kappa shape index (κ2) is 6.88. The van der Waals surface area contributed by atoms with Gasteiger partial charge in [0.1, 0.15) is 5.75 Å². The first-order valence-corrected chi connectivity index (χ1v) is 7.12. The minimum Gasteiger partial charge on any atom is -0.410 e. The van der Waals surface area contributed by atoms with Gasteiger partial charge in [0.25, 0.3) is 0 Å². The maximum absolute atomic E-state index is 11.8. The fourth-order valence-electron chi connectivity index (χ4n) is 1.88. The van der Waals surface area contributed by atoms with E-state index in [1.54, 1.807) is 19.3 Å². The minimum absolute atomic E-state index is 0.357. The Kier molecular flexibility index (Phi) is 4.93. The number of rotatable bonds is 4. The number of aromatic nitrogens is 1. The smallest absolute Gasteiger partial charge is 0.410 e. The van der Waals surface area contributed by atoms with E-state index >= 15 is 0 Å². The summed E-state index contributed by atoms with van der Waals surface area (Å²) in [5, 5.41) is 0. The summed E-state index contributed by atoms with van der Waals surface area (Å²) in [7, 11) is 1.71. The van der Waals surface area contributed by atoms with Gasteiger partial charge in [-0.1, -0.05) is 19.1 Å². The summed E-state index contributed by atoms with van der Waals surface area (Å²) in [5.41, 5.74) is 3.05. The van der Waals surface area contributed by atoms with Gasteiger partial charge in [-0.15, -0.1) is 0 Å². The topological polar surface area (TPSA) is 42.4 Å². The maximum atomic E-state index is 11.8. The molecular formula is C17H20N2O2. The third-order valence-corrected chi connectivity index (χ3v) is 3.35. The van der Waals surface area contributed by atoms with Gasteiger partial charge in [0.2, 0.25) is 0 Å². The molecule has 21 heavy (non-hydrogen) atoms. The molecule has 2 rings (SSSR count). The normalized spacial score (nSPS) is 10.2. The molecule has 0 unspecified atom stereocenters. The van der Waals surface area contributed by atoms with Gasteiger partial charge in [-0.25, -0.2) is 4.79 Å². The molecule has 0 radical (unpaired) electrons. The molecule has 0 spiro atoms. The third-order valence-electron chi connectivity index (χ3n) is 3.35. The van der Waals surface area contributed by atoms with E-state index in [0.29, 0.717) is 12.3 Å². The molecule has 0 saturated heterocycles. The van der Waals surface area contributed by atoms with Crippen molar-refractivity contribution in [2.45, 2.75) is 20.3 Å². The lowest BCUT2D eigenvalue weighted by molar-refractivity contribution is 0.165. The second-order valence-corrected chi connectivity index (χ2v) is 4.81. The Hall–Kier alpha value is -2.36. The first-order valence-electron chi connectivity index (χ1n) is 7.12. The molecular weight excluding hydrogens is 264 g/mol. The van der Waals surface area contributed by atoms with Crippen molar-refractivity contribution in [3.8, 4) is 17.0 Å². The minimum atomic E-state index is -0.357. The number of carbonyl (C=O) groups is 1. The van der Waals surface area contributed by atoms with Gasteiger partial charge in [0.05, 0.1) is 5.69 Å². The summed E-state index contributed by atoms with van der Waals surface area (Å²) in [6, 6.07) is 11.5. The zero-order valence-corrected chi connectivity index (χ0v) is 12.7.